The molecule has 1 aliphatic heterocycles. The molecule has 2 aromatic rings. The minimum absolute atomic E-state index is 0.0777. The smallest absolute Gasteiger partial charge is 0.337 e. The van der Waals surface area contributed by atoms with Crippen LogP contribution < -0.4 is 10.4 Å². The van der Waals surface area contributed by atoms with Gasteiger partial charge in [0, 0.05) is 9.75 Å². The molecule has 0 aliphatic carbocycles. The van der Waals surface area contributed by atoms with Crippen molar-refractivity contribution in [1.82, 2.24) is 5.43 Å². The van der Waals surface area contributed by atoms with Crippen molar-refractivity contribution in [2.45, 2.75) is 6.92 Å². The van der Waals surface area contributed by atoms with E-state index in [1.165, 1.54) is 30.6 Å². The van der Waals surface area contributed by atoms with Crippen molar-refractivity contribution in [3.8, 4) is 0 Å². The number of anilines is 1. The maximum Gasteiger partial charge on any atom is 0.337 e. The number of carbonyl (C=O) groups is 3. The fraction of sp³-hybridized carbons (Fsp3) is 0.118. The van der Waals surface area contributed by atoms with E-state index in [0.29, 0.717) is 11.3 Å². The van der Waals surface area contributed by atoms with E-state index in [1.807, 2.05) is 19.1 Å². The SMILES string of the molecule is COC(=O)c1ccc(N2NC(=O)/C(=C/c3ccc(C)s3)C2=O)cc1. The van der Waals surface area contributed by atoms with Crippen LogP contribution in [0.25, 0.3) is 6.08 Å². The van der Waals surface area contributed by atoms with Gasteiger partial charge in [-0.25, -0.2) is 9.80 Å². The molecular weight excluding hydrogens is 328 g/mol. The molecule has 0 unspecified atom stereocenters. The zero-order chi connectivity index (χ0) is 17.3. The average Bonchev–Trinajstić information content (AvgIpc) is 3.12. The first-order valence-corrected chi connectivity index (χ1v) is 7.93. The number of ether oxygens (including phenoxy) is 1. The van der Waals surface area contributed by atoms with Crippen LogP contribution in [-0.2, 0) is 14.3 Å². The van der Waals surface area contributed by atoms with E-state index in [0.717, 1.165) is 14.8 Å². The summed E-state index contributed by atoms with van der Waals surface area (Å²) in [6.07, 6.45) is 1.58. The lowest BCUT2D eigenvalue weighted by atomic mass is 10.2. The topological polar surface area (TPSA) is 75.7 Å². The van der Waals surface area contributed by atoms with E-state index in [-0.39, 0.29) is 5.57 Å². The summed E-state index contributed by atoms with van der Waals surface area (Å²) in [5, 5.41) is 1.16. The molecule has 1 aliphatic rings. The van der Waals surface area contributed by atoms with Gasteiger partial charge in [-0.05, 0) is 49.4 Å². The van der Waals surface area contributed by atoms with Crippen LogP contribution >= 0.6 is 11.3 Å². The van der Waals surface area contributed by atoms with E-state index < -0.39 is 17.8 Å². The Morgan fingerprint density at radius 2 is 1.88 bits per heavy atom. The van der Waals surface area contributed by atoms with Gasteiger partial charge in [0.2, 0.25) is 0 Å². The summed E-state index contributed by atoms with van der Waals surface area (Å²) >= 11 is 1.50. The molecule has 0 bridgehead atoms. The largest absolute Gasteiger partial charge is 0.465 e. The lowest BCUT2D eigenvalue weighted by Crippen LogP contribution is -2.35. The van der Waals surface area contributed by atoms with Gasteiger partial charge in [-0.15, -0.1) is 11.3 Å². The highest BCUT2D eigenvalue weighted by atomic mass is 32.1. The van der Waals surface area contributed by atoms with Gasteiger partial charge < -0.3 is 4.74 Å². The van der Waals surface area contributed by atoms with Crippen LogP contribution in [0.1, 0.15) is 20.1 Å². The van der Waals surface area contributed by atoms with Crippen LogP contribution in [0.5, 0.6) is 0 Å². The van der Waals surface area contributed by atoms with Crippen molar-refractivity contribution in [1.29, 1.82) is 0 Å². The predicted octanol–water partition coefficient (Wildman–Crippen LogP) is 2.30. The van der Waals surface area contributed by atoms with Crippen LogP contribution in [0.2, 0.25) is 0 Å². The second-order valence-corrected chi connectivity index (χ2v) is 6.45. The number of hydrogen-bond donors (Lipinski definition) is 1. The van der Waals surface area contributed by atoms with Crippen LogP contribution in [0.3, 0.4) is 0 Å². The maximum absolute atomic E-state index is 12.5. The second-order valence-electron chi connectivity index (χ2n) is 5.13. The molecule has 6 nitrogen and oxygen atoms in total. The Balaban J connectivity index is 1.86. The summed E-state index contributed by atoms with van der Waals surface area (Å²) in [6.45, 7) is 1.96. The molecule has 2 amide bonds. The molecule has 0 spiro atoms. The number of methoxy groups -OCH3 is 1. The lowest BCUT2D eigenvalue weighted by molar-refractivity contribution is -0.117. The number of hydrazine groups is 1. The third-order valence-electron chi connectivity index (χ3n) is 3.49. The monoisotopic (exact) mass is 342 g/mol. The number of esters is 1. The van der Waals surface area contributed by atoms with E-state index in [1.54, 1.807) is 18.2 Å². The third kappa shape index (κ3) is 2.93. The predicted molar refractivity (Wildman–Crippen MR) is 90.4 cm³/mol. The quantitative estimate of drug-likeness (QED) is 0.528. The third-order valence-corrected chi connectivity index (χ3v) is 4.43. The van der Waals surface area contributed by atoms with Gasteiger partial charge in [-0.2, -0.15) is 0 Å². The van der Waals surface area contributed by atoms with Gasteiger partial charge in [-0.1, -0.05) is 0 Å². The van der Waals surface area contributed by atoms with E-state index in [2.05, 4.69) is 10.2 Å². The highest BCUT2D eigenvalue weighted by molar-refractivity contribution is 7.12. The summed E-state index contributed by atoms with van der Waals surface area (Å²) in [4.78, 5) is 38.0. The van der Waals surface area contributed by atoms with Crippen molar-refractivity contribution in [2.75, 3.05) is 12.1 Å². The summed E-state index contributed by atoms with van der Waals surface area (Å²) in [6, 6.07) is 10.0. The molecule has 2 heterocycles. The van der Waals surface area contributed by atoms with E-state index in [4.69, 9.17) is 0 Å². The Labute approximate surface area is 142 Å². The Bertz CT molecular complexity index is 852. The fourth-order valence-electron chi connectivity index (χ4n) is 2.28. The number of thiophene rings is 1. The van der Waals surface area contributed by atoms with Gasteiger partial charge in [-0.3, -0.25) is 15.0 Å². The molecule has 0 saturated carbocycles. The van der Waals surface area contributed by atoms with Crippen molar-refractivity contribution in [2.24, 2.45) is 0 Å². The van der Waals surface area contributed by atoms with Crippen molar-refractivity contribution in [3.63, 3.8) is 0 Å². The highest BCUT2D eigenvalue weighted by Crippen LogP contribution is 2.24. The highest BCUT2D eigenvalue weighted by Gasteiger charge is 2.34. The molecule has 1 N–H and O–H groups in total. The zero-order valence-corrected chi connectivity index (χ0v) is 13.8. The number of aryl methyl sites for hydroxylation is 1. The van der Waals surface area contributed by atoms with Crippen LogP contribution in [-0.4, -0.2) is 24.9 Å². The molecule has 122 valence electrons. The molecule has 1 aromatic heterocycles. The molecule has 1 aromatic carbocycles. The molecule has 7 heteroatoms. The van der Waals surface area contributed by atoms with Gasteiger partial charge in [0.05, 0.1) is 18.4 Å². The summed E-state index contributed by atoms with van der Waals surface area (Å²) in [5.41, 5.74) is 3.43. The molecule has 0 atom stereocenters. The molecular formula is C17H14N2O4S. The molecule has 1 saturated heterocycles. The normalized spacial score (nSPS) is 15.8. The van der Waals surface area contributed by atoms with Gasteiger partial charge >= 0.3 is 5.97 Å². The van der Waals surface area contributed by atoms with Crippen molar-refractivity contribution < 1.29 is 19.1 Å². The number of nitrogens with zero attached hydrogens (tertiary/aromatic N) is 1. The van der Waals surface area contributed by atoms with Crippen LogP contribution in [0.15, 0.2) is 42.0 Å². The Morgan fingerprint density at radius 1 is 1.17 bits per heavy atom. The van der Waals surface area contributed by atoms with Gasteiger partial charge in [0.15, 0.2) is 0 Å². The average molecular weight is 342 g/mol. The lowest BCUT2D eigenvalue weighted by Gasteiger charge is -2.14. The Hall–Kier alpha value is -2.93. The van der Waals surface area contributed by atoms with Crippen molar-refractivity contribution in [3.05, 3.63) is 57.3 Å². The second kappa shape index (κ2) is 6.29. The van der Waals surface area contributed by atoms with Gasteiger partial charge in [0.25, 0.3) is 11.8 Å². The molecule has 1 fully saturated rings. The zero-order valence-electron chi connectivity index (χ0n) is 13.0. The summed E-state index contributed by atoms with van der Waals surface area (Å²) < 4.78 is 4.63. The fourth-order valence-corrected chi connectivity index (χ4v) is 3.10. The molecule has 0 radical (unpaired) electrons. The first-order chi connectivity index (χ1) is 11.5. The summed E-state index contributed by atoms with van der Waals surface area (Å²) in [7, 11) is 1.30. The first-order valence-electron chi connectivity index (χ1n) is 7.11. The number of rotatable bonds is 3. The minimum atomic E-state index is -0.466. The summed E-state index contributed by atoms with van der Waals surface area (Å²) in [5.74, 6) is -1.35. The van der Waals surface area contributed by atoms with Crippen LogP contribution in [0, 0.1) is 6.92 Å². The number of carbonyl (C=O) groups excluding carboxylic acids is 3. The van der Waals surface area contributed by atoms with Gasteiger partial charge in [0.1, 0.15) is 5.57 Å². The maximum atomic E-state index is 12.5. The van der Waals surface area contributed by atoms with E-state index in [9.17, 15) is 14.4 Å². The molecule has 3 rings (SSSR count). The first kappa shape index (κ1) is 15.9. The Morgan fingerprint density at radius 3 is 2.46 bits per heavy atom. The van der Waals surface area contributed by atoms with Crippen LogP contribution in [0.4, 0.5) is 5.69 Å². The number of benzene rings is 1. The molecule has 24 heavy (non-hydrogen) atoms. The minimum Gasteiger partial charge on any atom is -0.465 e. The number of nitrogens with one attached hydrogen (secondary N) is 1. The Kier molecular flexibility index (Phi) is 4.18. The van der Waals surface area contributed by atoms with E-state index >= 15 is 0 Å². The number of hydrogen-bond acceptors (Lipinski definition) is 5. The van der Waals surface area contributed by atoms with Crippen molar-refractivity contribution >= 4 is 40.9 Å². The number of amides is 2. The standard InChI is InChI=1S/C17H14N2O4S/c1-10-3-8-13(24-10)9-14-15(20)18-19(16(14)21)12-6-4-11(5-7-12)17(22)23-2/h3-9H,1-2H3,(H,18,20)/b14-9-.